The normalized spacial score (nSPS) is 10.5. The van der Waals surface area contributed by atoms with Crippen LogP contribution >= 0.6 is 12.2 Å². The topological polar surface area (TPSA) is 39.8 Å². The Morgan fingerprint density at radius 2 is 1.95 bits per heavy atom. The molecular formula is C15H19N3S. The van der Waals surface area contributed by atoms with E-state index in [9.17, 15) is 0 Å². The van der Waals surface area contributed by atoms with Crippen molar-refractivity contribution in [2.75, 3.05) is 5.32 Å². The van der Waals surface area contributed by atoms with Crippen molar-refractivity contribution < 1.29 is 0 Å². The first kappa shape index (κ1) is 13.6. The molecule has 0 fully saturated rings. The van der Waals surface area contributed by atoms with E-state index in [1.165, 1.54) is 11.1 Å². The molecule has 3 N–H and O–H groups in total. The van der Waals surface area contributed by atoms with Gasteiger partial charge in [-0.1, -0.05) is 26.0 Å². The Bertz CT molecular complexity index is 515. The van der Waals surface area contributed by atoms with E-state index < -0.39 is 0 Å². The van der Waals surface area contributed by atoms with Gasteiger partial charge in [0.2, 0.25) is 0 Å². The number of thiocarbonyl (C=S) groups is 1. The molecule has 0 aliphatic heterocycles. The monoisotopic (exact) mass is 273 g/mol. The lowest BCUT2D eigenvalue weighted by atomic mass is 10.0. The third kappa shape index (κ3) is 4.10. The molecular weight excluding hydrogens is 254 g/mol. The standard InChI is InChI=1S/C15H19N3S/c1-11(2)13-3-5-14(6-4-13)18-15(19)17-10-12-7-8-16-9-12/h3-9,11,16H,10H2,1-2H3,(H2,17,18,19). The summed E-state index contributed by atoms with van der Waals surface area (Å²) in [6.07, 6.45) is 3.85. The highest BCUT2D eigenvalue weighted by Gasteiger charge is 2.01. The molecule has 0 spiro atoms. The average molecular weight is 273 g/mol. The van der Waals surface area contributed by atoms with E-state index in [4.69, 9.17) is 12.2 Å². The van der Waals surface area contributed by atoms with Gasteiger partial charge in [-0.3, -0.25) is 0 Å². The predicted molar refractivity (Wildman–Crippen MR) is 84.4 cm³/mol. The van der Waals surface area contributed by atoms with E-state index in [0.29, 0.717) is 11.0 Å². The Kier molecular flexibility index (Phi) is 4.58. The highest BCUT2D eigenvalue weighted by Crippen LogP contribution is 2.16. The van der Waals surface area contributed by atoms with Crippen LogP contribution in [0, 0.1) is 0 Å². The van der Waals surface area contributed by atoms with E-state index in [0.717, 1.165) is 12.2 Å². The van der Waals surface area contributed by atoms with Crippen molar-refractivity contribution in [1.82, 2.24) is 10.3 Å². The van der Waals surface area contributed by atoms with Gasteiger partial charge < -0.3 is 15.6 Å². The van der Waals surface area contributed by atoms with Crippen molar-refractivity contribution in [3.8, 4) is 0 Å². The van der Waals surface area contributed by atoms with Crippen LogP contribution in [0.1, 0.15) is 30.9 Å². The zero-order chi connectivity index (χ0) is 13.7. The van der Waals surface area contributed by atoms with E-state index in [1.807, 2.05) is 18.5 Å². The van der Waals surface area contributed by atoms with Crippen LogP contribution in [-0.2, 0) is 6.54 Å². The summed E-state index contributed by atoms with van der Waals surface area (Å²) in [6, 6.07) is 10.4. The molecule has 0 saturated heterocycles. The minimum atomic E-state index is 0.549. The maximum Gasteiger partial charge on any atom is 0.171 e. The highest BCUT2D eigenvalue weighted by molar-refractivity contribution is 7.80. The van der Waals surface area contributed by atoms with Crippen molar-refractivity contribution in [3.63, 3.8) is 0 Å². The number of H-pyrrole nitrogens is 1. The predicted octanol–water partition coefficient (Wildman–Crippen LogP) is 3.62. The second kappa shape index (κ2) is 6.38. The van der Waals surface area contributed by atoms with Gasteiger partial charge in [0.1, 0.15) is 0 Å². The van der Waals surface area contributed by atoms with Gasteiger partial charge in [0.15, 0.2) is 5.11 Å². The molecule has 4 heteroatoms. The Morgan fingerprint density at radius 1 is 1.21 bits per heavy atom. The number of nitrogens with one attached hydrogen (secondary N) is 3. The molecule has 0 bridgehead atoms. The average Bonchev–Trinajstić information content (AvgIpc) is 2.90. The van der Waals surface area contributed by atoms with Gasteiger partial charge in [-0.2, -0.15) is 0 Å². The maximum absolute atomic E-state index is 5.26. The fourth-order valence-corrected chi connectivity index (χ4v) is 1.97. The number of rotatable bonds is 4. The van der Waals surface area contributed by atoms with Crippen LogP contribution in [0.2, 0.25) is 0 Å². The molecule has 0 unspecified atom stereocenters. The number of hydrogen-bond acceptors (Lipinski definition) is 1. The Hall–Kier alpha value is -1.81. The van der Waals surface area contributed by atoms with Crippen molar-refractivity contribution in [3.05, 3.63) is 53.9 Å². The summed E-state index contributed by atoms with van der Waals surface area (Å²) >= 11 is 5.26. The van der Waals surface area contributed by atoms with Crippen LogP contribution < -0.4 is 10.6 Å². The molecule has 1 aromatic heterocycles. The zero-order valence-corrected chi connectivity index (χ0v) is 12.1. The molecule has 0 saturated carbocycles. The quantitative estimate of drug-likeness (QED) is 0.745. The molecule has 1 aromatic carbocycles. The number of anilines is 1. The number of benzene rings is 1. The van der Waals surface area contributed by atoms with Crippen molar-refractivity contribution in [1.29, 1.82) is 0 Å². The Morgan fingerprint density at radius 3 is 2.53 bits per heavy atom. The molecule has 2 aromatic rings. The molecule has 19 heavy (non-hydrogen) atoms. The Balaban J connectivity index is 1.84. The fourth-order valence-electron chi connectivity index (χ4n) is 1.78. The first-order chi connectivity index (χ1) is 9.15. The largest absolute Gasteiger partial charge is 0.367 e. The van der Waals surface area contributed by atoms with Crippen molar-refractivity contribution >= 4 is 23.0 Å². The molecule has 1 heterocycles. The molecule has 0 atom stereocenters. The summed E-state index contributed by atoms with van der Waals surface area (Å²) < 4.78 is 0. The van der Waals surface area contributed by atoms with Gasteiger partial charge in [0, 0.05) is 24.6 Å². The van der Waals surface area contributed by atoms with E-state index in [1.54, 1.807) is 0 Å². The lowest BCUT2D eigenvalue weighted by molar-refractivity contribution is 0.867. The molecule has 0 aliphatic carbocycles. The SMILES string of the molecule is CC(C)c1ccc(NC(=S)NCc2cc[nH]c2)cc1. The summed E-state index contributed by atoms with van der Waals surface area (Å²) in [6.45, 7) is 5.09. The van der Waals surface area contributed by atoms with Crippen LogP contribution in [0.3, 0.4) is 0 Å². The summed E-state index contributed by atoms with van der Waals surface area (Å²) in [5.74, 6) is 0.549. The summed E-state index contributed by atoms with van der Waals surface area (Å²) in [4.78, 5) is 3.02. The molecule has 0 amide bonds. The van der Waals surface area contributed by atoms with Crippen molar-refractivity contribution in [2.24, 2.45) is 0 Å². The smallest absolute Gasteiger partial charge is 0.171 e. The minimum Gasteiger partial charge on any atom is -0.367 e. The first-order valence-corrected chi connectivity index (χ1v) is 6.82. The summed E-state index contributed by atoms with van der Waals surface area (Å²) in [5, 5.41) is 6.99. The number of hydrogen-bond donors (Lipinski definition) is 3. The summed E-state index contributed by atoms with van der Waals surface area (Å²) in [7, 11) is 0. The number of aromatic nitrogens is 1. The van der Waals surface area contributed by atoms with Crippen LogP contribution in [-0.4, -0.2) is 10.1 Å². The maximum atomic E-state index is 5.26. The van der Waals surface area contributed by atoms with Gasteiger partial charge in [0.25, 0.3) is 0 Å². The van der Waals surface area contributed by atoms with E-state index in [2.05, 4.69) is 53.7 Å². The highest BCUT2D eigenvalue weighted by atomic mass is 32.1. The van der Waals surface area contributed by atoms with Gasteiger partial charge in [-0.25, -0.2) is 0 Å². The van der Waals surface area contributed by atoms with Gasteiger partial charge in [-0.15, -0.1) is 0 Å². The van der Waals surface area contributed by atoms with Crippen LogP contribution in [0.4, 0.5) is 5.69 Å². The lowest BCUT2D eigenvalue weighted by Gasteiger charge is -2.11. The molecule has 2 rings (SSSR count). The van der Waals surface area contributed by atoms with Gasteiger partial charge in [0.05, 0.1) is 0 Å². The molecule has 0 radical (unpaired) electrons. The number of aromatic amines is 1. The minimum absolute atomic E-state index is 0.549. The molecule has 3 nitrogen and oxygen atoms in total. The lowest BCUT2D eigenvalue weighted by Crippen LogP contribution is -2.27. The first-order valence-electron chi connectivity index (χ1n) is 6.41. The van der Waals surface area contributed by atoms with Crippen LogP contribution in [0.25, 0.3) is 0 Å². The summed E-state index contributed by atoms with van der Waals surface area (Å²) in [5.41, 5.74) is 3.52. The molecule has 100 valence electrons. The van der Waals surface area contributed by atoms with Crippen molar-refractivity contribution in [2.45, 2.75) is 26.3 Å². The van der Waals surface area contributed by atoms with E-state index in [-0.39, 0.29) is 0 Å². The zero-order valence-electron chi connectivity index (χ0n) is 11.2. The van der Waals surface area contributed by atoms with Gasteiger partial charge >= 0.3 is 0 Å². The second-order valence-electron chi connectivity index (χ2n) is 4.80. The van der Waals surface area contributed by atoms with Crippen LogP contribution in [0.5, 0.6) is 0 Å². The van der Waals surface area contributed by atoms with Crippen LogP contribution in [0.15, 0.2) is 42.7 Å². The fraction of sp³-hybridized carbons (Fsp3) is 0.267. The molecule has 0 aliphatic rings. The third-order valence-corrected chi connectivity index (χ3v) is 3.20. The second-order valence-corrected chi connectivity index (χ2v) is 5.21. The van der Waals surface area contributed by atoms with Gasteiger partial charge in [-0.05, 0) is 47.5 Å². The Labute approximate surface area is 119 Å². The van der Waals surface area contributed by atoms with E-state index >= 15 is 0 Å². The third-order valence-electron chi connectivity index (χ3n) is 2.95.